The first-order chi connectivity index (χ1) is 7.72. The Hall–Kier alpha value is -1.14. The van der Waals surface area contributed by atoms with E-state index in [1.54, 1.807) is 24.0 Å². The zero-order valence-electron chi connectivity index (χ0n) is 8.83. The number of rotatable bonds is 4. The van der Waals surface area contributed by atoms with Gasteiger partial charge in [0.2, 0.25) is 12.4 Å². The van der Waals surface area contributed by atoms with E-state index in [2.05, 4.69) is 5.10 Å². The SMILES string of the molecule is CCOC(=O)CS/C([S-])=N/[n+]1ccccc1. The minimum Gasteiger partial charge on any atom is -0.747 e. The lowest BCUT2D eigenvalue weighted by Crippen LogP contribution is -2.27. The van der Waals surface area contributed by atoms with E-state index in [9.17, 15) is 4.79 Å². The molecular formula is C10H12N2O2S2. The average Bonchev–Trinajstić information content (AvgIpc) is 2.28. The van der Waals surface area contributed by atoms with Crippen molar-refractivity contribution in [2.24, 2.45) is 5.10 Å². The number of ether oxygens (including phenoxy) is 1. The van der Waals surface area contributed by atoms with Gasteiger partial charge in [-0.25, -0.2) is 0 Å². The predicted molar refractivity (Wildman–Crippen MR) is 65.9 cm³/mol. The summed E-state index contributed by atoms with van der Waals surface area (Å²) >= 11 is 6.19. The van der Waals surface area contributed by atoms with Crippen LogP contribution in [0.3, 0.4) is 0 Å². The molecule has 1 heterocycles. The Bertz CT molecular complexity index is 368. The molecule has 0 bridgehead atoms. The summed E-state index contributed by atoms with van der Waals surface area (Å²) in [4.78, 5) is 11.0. The molecule has 0 spiro atoms. The Morgan fingerprint density at radius 2 is 2.12 bits per heavy atom. The van der Waals surface area contributed by atoms with Crippen molar-refractivity contribution >= 4 is 34.7 Å². The molecule has 0 aliphatic carbocycles. The van der Waals surface area contributed by atoms with Crippen LogP contribution in [0.25, 0.3) is 0 Å². The maximum absolute atomic E-state index is 11.0. The molecule has 1 aromatic rings. The van der Waals surface area contributed by atoms with E-state index >= 15 is 0 Å². The Morgan fingerprint density at radius 1 is 1.44 bits per heavy atom. The summed E-state index contributed by atoms with van der Waals surface area (Å²) in [5.74, 6) is -0.0769. The van der Waals surface area contributed by atoms with Crippen molar-refractivity contribution in [2.45, 2.75) is 6.92 Å². The van der Waals surface area contributed by atoms with Crippen LogP contribution in [0, 0.1) is 0 Å². The summed E-state index contributed by atoms with van der Waals surface area (Å²) in [5, 5.41) is 4.09. The van der Waals surface area contributed by atoms with Crippen LogP contribution in [0.1, 0.15) is 6.92 Å². The van der Waals surface area contributed by atoms with Crippen molar-refractivity contribution in [3.05, 3.63) is 30.6 Å². The molecule has 4 nitrogen and oxygen atoms in total. The number of esters is 1. The summed E-state index contributed by atoms with van der Waals surface area (Å²) in [5.41, 5.74) is 0. The summed E-state index contributed by atoms with van der Waals surface area (Å²) in [6.07, 6.45) is 3.55. The summed E-state index contributed by atoms with van der Waals surface area (Å²) in [6.45, 7) is 2.15. The van der Waals surface area contributed by atoms with Crippen LogP contribution in [-0.2, 0) is 22.2 Å². The number of nitrogens with zero attached hydrogens (tertiary/aromatic N) is 2. The largest absolute Gasteiger partial charge is 0.747 e. The van der Waals surface area contributed by atoms with Crippen LogP contribution in [-0.4, -0.2) is 22.7 Å². The standard InChI is InChI=1S/C10H12N2O2S2/c1-2-14-9(13)8-16-10(15)11-12-6-4-3-5-7-12/h3-7H,2,8H2,1H3. The Kier molecular flexibility index (Phi) is 5.81. The number of aromatic nitrogens is 1. The highest BCUT2D eigenvalue weighted by Gasteiger charge is 2.01. The van der Waals surface area contributed by atoms with Gasteiger partial charge in [-0.3, -0.25) is 4.79 Å². The third-order valence-electron chi connectivity index (χ3n) is 1.52. The van der Waals surface area contributed by atoms with Crippen molar-refractivity contribution in [2.75, 3.05) is 12.4 Å². The first-order valence-electron chi connectivity index (χ1n) is 4.73. The van der Waals surface area contributed by atoms with E-state index in [0.29, 0.717) is 11.0 Å². The molecule has 6 heteroatoms. The lowest BCUT2D eigenvalue weighted by Gasteiger charge is -2.05. The van der Waals surface area contributed by atoms with Crippen LogP contribution in [0.15, 0.2) is 35.7 Å². The van der Waals surface area contributed by atoms with Crippen molar-refractivity contribution in [3.8, 4) is 0 Å². The molecule has 0 aliphatic heterocycles. The monoisotopic (exact) mass is 256 g/mol. The van der Waals surface area contributed by atoms with Gasteiger partial charge in [-0.15, -0.1) is 11.8 Å². The van der Waals surface area contributed by atoms with Crippen LogP contribution in [0.4, 0.5) is 0 Å². The molecule has 1 aromatic heterocycles. The van der Waals surface area contributed by atoms with E-state index in [4.69, 9.17) is 17.4 Å². The number of thioether (sulfide) groups is 1. The molecule has 0 amide bonds. The van der Waals surface area contributed by atoms with Gasteiger partial charge in [0.05, 0.1) is 12.4 Å². The molecule has 0 saturated heterocycles. The van der Waals surface area contributed by atoms with Crippen molar-refractivity contribution in [1.82, 2.24) is 0 Å². The number of pyridine rings is 1. The van der Waals surface area contributed by atoms with Gasteiger partial charge in [0.25, 0.3) is 0 Å². The molecule has 16 heavy (non-hydrogen) atoms. The highest BCUT2D eigenvalue weighted by molar-refractivity contribution is 8.27. The fourth-order valence-electron chi connectivity index (χ4n) is 0.903. The Morgan fingerprint density at radius 3 is 2.75 bits per heavy atom. The zero-order chi connectivity index (χ0) is 11.8. The van der Waals surface area contributed by atoms with Gasteiger partial charge in [0.15, 0.2) is 0 Å². The summed E-state index contributed by atoms with van der Waals surface area (Å²) in [7, 11) is 0. The average molecular weight is 256 g/mol. The van der Waals surface area contributed by atoms with Crippen molar-refractivity contribution in [1.29, 1.82) is 0 Å². The molecule has 1 rings (SSSR count). The van der Waals surface area contributed by atoms with Crippen molar-refractivity contribution < 1.29 is 14.2 Å². The Labute approximate surface area is 104 Å². The van der Waals surface area contributed by atoms with Gasteiger partial charge >= 0.3 is 5.97 Å². The fraction of sp³-hybridized carbons (Fsp3) is 0.300. The second-order valence-corrected chi connectivity index (χ2v) is 4.32. The minimum absolute atomic E-state index is 0.198. The van der Waals surface area contributed by atoms with Crippen LogP contribution < -0.4 is 4.68 Å². The molecule has 0 fully saturated rings. The van der Waals surface area contributed by atoms with E-state index in [1.165, 1.54) is 11.8 Å². The number of hydrogen-bond donors (Lipinski definition) is 0. The first kappa shape index (κ1) is 12.9. The van der Waals surface area contributed by atoms with Gasteiger partial charge in [0, 0.05) is 16.5 Å². The second kappa shape index (κ2) is 7.19. The van der Waals surface area contributed by atoms with Crippen LogP contribution >= 0.6 is 11.8 Å². The molecular weight excluding hydrogens is 244 g/mol. The molecule has 0 saturated carbocycles. The van der Waals surface area contributed by atoms with Gasteiger partial charge in [-0.05, 0) is 12.0 Å². The molecule has 0 unspecified atom stereocenters. The van der Waals surface area contributed by atoms with Crippen molar-refractivity contribution in [3.63, 3.8) is 0 Å². The van der Waals surface area contributed by atoms with Gasteiger partial charge in [-0.2, -0.15) is 0 Å². The topological polar surface area (TPSA) is 42.5 Å². The van der Waals surface area contributed by atoms with Gasteiger partial charge < -0.3 is 17.4 Å². The predicted octanol–water partition coefficient (Wildman–Crippen LogP) is 0.936. The van der Waals surface area contributed by atoms with Crippen LogP contribution in [0.5, 0.6) is 0 Å². The summed E-state index contributed by atoms with van der Waals surface area (Å²) < 4.78 is 6.78. The lowest BCUT2D eigenvalue weighted by atomic mass is 10.5. The normalized spacial score (nSPS) is 11.2. The zero-order valence-corrected chi connectivity index (χ0v) is 10.5. The van der Waals surface area contributed by atoms with Gasteiger partial charge in [0.1, 0.15) is 0 Å². The molecule has 0 radical (unpaired) electrons. The fourth-order valence-corrected chi connectivity index (χ4v) is 1.65. The van der Waals surface area contributed by atoms with E-state index in [-0.39, 0.29) is 11.7 Å². The minimum atomic E-state index is -0.275. The highest BCUT2D eigenvalue weighted by Crippen LogP contribution is 2.02. The van der Waals surface area contributed by atoms with Gasteiger partial charge in [-0.1, -0.05) is 10.7 Å². The molecule has 0 aliphatic rings. The summed E-state index contributed by atoms with van der Waals surface area (Å²) in [6, 6.07) is 5.59. The number of carbonyl (C=O) groups is 1. The first-order valence-corrected chi connectivity index (χ1v) is 6.12. The molecule has 0 N–H and O–H groups in total. The maximum atomic E-state index is 11.0. The molecule has 0 aromatic carbocycles. The van der Waals surface area contributed by atoms with E-state index < -0.39 is 0 Å². The third-order valence-corrected chi connectivity index (χ3v) is 2.66. The van der Waals surface area contributed by atoms with E-state index in [1.807, 2.05) is 18.2 Å². The maximum Gasteiger partial charge on any atom is 0.316 e. The third kappa shape index (κ3) is 5.09. The highest BCUT2D eigenvalue weighted by atomic mass is 32.2. The molecule has 86 valence electrons. The lowest BCUT2D eigenvalue weighted by molar-refractivity contribution is -0.678. The quantitative estimate of drug-likeness (QED) is 0.264. The Balaban J connectivity index is 2.43. The van der Waals surface area contributed by atoms with Crippen LogP contribution in [0.2, 0.25) is 0 Å². The second-order valence-electron chi connectivity index (χ2n) is 2.72. The smallest absolute Gasteiger partial charge is 0.316 e. The number of carbonyl (C=O) groups excluding carboxylic acids is 1. The molecule has 0 atom stereocenters. The van der Waals surface area contributed by atoms with E-state index in [0.717, 1.165) is 0 Å². The number of hydrogen-bond acceptors (Lipinski definition) is 5.